The van der Waals surface area contributed by atoms with Crippen molar-refractivity contribution in [3.8, 4) is 22.3 Å². The summed E-state index contributed by atoms with van der Waals surface area (Å²) in [6.07, 6.45) is 0. The third kappa shape index (κ3) is 2.25. The minimum atomic E-state index is 0.0692. The van der Waals surface area contributed by atoms with Gasteiger partial charge in [-0.05, 0) is 80.6 Å². The Morgan fingerprint density at radius 3 is 2.17 bits per heavy atom. The van der Waals surface area contributed by atoms with Gasteiger partial charge in [-0.2, -0.15) is 0 Å². The fourth-order valence-electron chi connectivity index (χ4n) is 3.66. The molecule has 1 aliphatic rings. The number of hydrogen-bond acceptors (Lipinski definition) is 0. The summed E-state index contributed by atoms with van der Waals surface area (Å²) in [6, 6.07) is 22.5. The summed E-state index contributed by atoms with van der Waals surface area (Å²) < 4.78 is 1.32. The van der Waals surface area contributed by atoms with Crippen LogP contribution in [0.5, 0.6) is 0 Å². The van der Waals surface area contributed by atoms with Crippen LogP contribution in [0.4, 0.5) is 0 Å². The molecule has 0 unspecified atom stereocenters. The van der Waals surface area contributed by atoms with Crippen LogP contribution in [0.2, 0.25) is 0 Å². The lowest BCUT2D eigenvalue weighted by molar-refractivity contribution is 0.660. The SMILES string of the molecule is Cc1ccc(-c2ccc3c(c2)C(C)(C)c2ccccc2-3)cc1I. The average Bonchev–Trinajstić information content (AvgIpc) is 2.78. The molecule has 1 heteroatoms. The highest BCUT2D eigenvalue weighted by atomic mass is 127. The Morgan fingerprint density at radius 2 is 1.39 bits per heavy atom. The van der Waals surface area contributed by atoms with E-state index in [1.165, 1.54) is 42.5 Å². The molecular weight excluding hydrogens is 391 g/mol. The zero-order valence-electron chi connectivity index (χ0n) is 13.7. The monoisotopic (exact) mass is 410 g/mol. The first-order valence-electron chi connectivity index (χ1n) is 7.99. The summed E-state index contributed by atoms with van der Waals surface area (Å²) in [5, 5.41) is 0. The van der Waals surface area contributed by atoms with Gasteiger partial charge in [0.25, 0.3) is 0 Å². The number of rotatable bonds is 1. The molecule has 0 atom stereocenters. The molecule has 0 saturated heterocycles. The Hall–Kier alpha value is -1.61. The van der Waals surface area contributed by atoms with Crippen molar-refractivity contribution in [1.29, 1.82) is 0 Å². The van der Waals surface area contributed by atoms with Gasteiger partial charge in [0.05, 0.1) is 0 Å². The largest absolute Gasteiger partial charge is 0.0619 e. The molecule has 0 nitrogen and oxygen atoms in total. The van der Waals surface area contributed by atoms with Crippen molar-refractivity contribution in [2.24, 2.45) is 0 Å². The summed E-state index contributed by atoms with van der Waals surface area (Å²) in [7, 11) is 0. The van der Waals surface area contributed by atoms with Gasteiger partial charge in [0.2, 0.25) is 0 Å². The lowest BCUT2D eigenvalue weighted by atomic mass is 9.81. The maximum atomic E-state index is 2.42. The fraction of sp³-hybridized carbons (Fsp3) is 0.182. The summed E-state index contributed by atoms with van der Waals surface area (Å²) in [5.41, 5.74) is 9.66. The van der Waals surface area contributed by atoms with Crippen LogP contribution < -0.4 is 0 Å². The molecule has 0 spiro atoms. The minimum absolute atomic E-state index is 0.0692. The molecule has 1 aliphatic carbocycles. The van der Waals surface area contributed by atoms with Crippen LogP contribution in [0.3, 0.4) is 0 Å². The van der Waals surface area contributed by atoms with Crippen molar-refractivity contribution in [1.82, 2.24) is 0 Å². The molecule has 0 bridgehead atoms. The van der Waals surface area contributed by atoms with E-state index in [1.54, 1.807) is 0 Å². The maximum Gasteiger partial charge on any atom is 0.0165 e. The van der Waals surface area contributed by atoms with Gasteiger partial charge in [0.15, 0.2) is 0 Å². The van der Waals surface area contributed by atoms with E-state index in [0.717, 1.165) is 0 Å². The zero-order chi connectivity index (χ0) is 16.2. The highest BCUT2D eigenvalue weighted by Gasteiger charge is 2.35. The molecule has 3 aromatic carbocycles. The van der Waals surface area contributed by atoms with Crippen LogP contribution in [0.15, 0.2) is 60.7 Å². The first-order valence-corrected chi connectivity index (χ1v) is 9.07. The van der Waals surface area contributed by atoms with Gasteiger partial charge in [0.1, 0.15) is 0 Å². The predicted octanol–water partition coefficient (Wildman–Crippen LogP) is 6.57. The molecule has 3 aromatic rings. The van der Waals surface area contributed by atoms with E-state index in [1.807, 2.05) is 0 Å². The average molecular weight is 410 g/mol. The van der Waals surface area contributed by atoms with E-state index >= 15 is 0 Å². The molecule has 0 radical (unpaired) electrons. The zero-order valence-corrected chi connectivity index (χ0v) is 15.8. The molecule has 0 saturated carbocycles. The van der Waals surface area contributed by atoms with Crippen LogP contribution in [0, 0.1) is 10.5 Å². The lowest BCUT2D eigenvalue weighted by Crippen LogP contribution is -2.14. The maximum absolute atomic E-state index is 2.42. The number of fused-ring (bicyclic) bond motifs is 3. The van der Waals surface area contributed by atoms with E-state index in [9.17, 15) is 0 Å². The standard InChI is InChI=1S/C22H19I/c1-14-8-9-16(13-21(14)23)15-10-11-18-17-6-4-5-7-19(17)22(2,3)20(18)12-15/h4-13H,1-3H3. The van der Waals surface area contributed by atoms with Crippen LogP contribution in [-0.4, -0.2) is 0 Å². The molecule has 0 N–H and O–H groups in total. The third-order valence-electron chi connectivity index (χ3n) is 5.09. The number of aryl methyl sites for hydroxylation is 1. The number of benzene rings is 3. The van der Waals surface area contributed by atoms with E-state index in [4.69, 9.17) is 0 Å². The number of hydrogen-bond donors (Lipinski definition) is 0. The highest BCUT2D eigenvalue weighted by molar-refractivity contribution is 14.1. The molecule has 0 aliphatic heterocycles. The molecule has 23 heavy (non-hydrogen) atoms. The van der Waals surface area contributed by atoms with Gasteiger partial charge in [-0.3, -0.25) is 0 Å². The summed E-state index contributed by atoms with van der Waals surface area (Å²) in [6.45, 7) is 6.83. The van der Waals surface area contributed by atoms with E-state index in [-0.39, 0.29) is 5.41 Å². The second kappa shape index (κ2) is 5.20. The molecule has 114 valence electrons. The van der Waals surface area contributed by atoms with Crippen LogP contribution in [-0.2, 0) is 5.41 Å². The van der Waals surface area contributed by atoms with Crippen molar-refractivity contribution < 1.29 is 0 Å². The topological polar surface area (TPSA) is 0 Å². The first kappa shape index (κ1) is 14.9. The quantitative estimate of drug-likeness (QED) is 0.398. The van der Waals surface area contributed by atoms with E-state index < -0.39 is 0 Å². The van der Waals surface area contributed by atoms with Crippen LogP contribution >= 0.6 is 22.6 Å². The van der Waals surface area contributed by atoms with Crippen molar-refractivity contribution >= 4 is 22.6 Å². The Bertz CT molecular complexity index is 919. The fourth-order valence-corrected chi connectivity index (χ4v) is 4.17. The Morgan fingerprint density at radius 1 is 0.739 bits per heavy atom. The van der Waals surface area contributed by atoms with Crippen LogP contribution in [0.25, 0.3) is 22.3 Å². The molecule has 0 aromatic heterocycles. The Balaban J connectivity index is 1.90. The third-order valence-corrected chi connectivity index (χ3v) is 6.25. The molecule has 0 heterocycles. The van der Waals surface area contributed by atoms with Gasteiger partial charge in [-0.25, -0.2) is 0 Å². The minimum Gasteiger partial charge on any atom is -0.0619 e. The van der Waals surface area contributed by atoms with E-state index in [0.29, 0.717) is 0 Å². The molecule has 0 amide bonds. The van der Waals surface area contributed by atoms with E-state index in [2.05, 4.69) is 104 Å². The summed E-state index contributed by atoms with van der Waals surface area (Å²) in [5.74, 6) is 0. The first-order chi connectivity index (χ1) is 11.0. The molecular formula is C22H19I. The van der Waals surface area contributed by atoms with Gasteiger partial charge >= 0.3 is 0 Å². The molecule has 4 rings (SSSR count). The van der Waals surface area contributed by atoms with Crippen molar-refractivity contribution in [2.75, 3.05) is 0 Å². The van der Waals surface area contributed by atoms with Gasteiger partial charge in [-0.15, -0.1) is 0 Å². The van der Waals surface area contributed by atoms with Crippen LogP contribution in [0.1, 0.15) is 30.5 Å². The van der Waals surface area contributed by atoms with Crippen molar-refractivity contribution in [3.63, 3.8) is 0 Å². The van der Waals surface area contributed by atoms with Crippen molar-refractivity contribution in [3.05, 3.63) is 80.9 Å². The Kier molecular flexibility index (Phi) is 3.38. The molecule has 0 fully saturated rings. The Labute approximate surface area is 151 Å². The normalized spacial score (nSPS) is 14.4. The van der Waals surface area contributed by atoms with Gasteiger partial charge < -0.3 is 0 Å². The second-order valence-electron chi connectivity index (χ2n) is 6.89. The summed E-state index contributed by atoms with van der Waals surface area (Å²) in [4.78, 5) is 0. The van der Waals surface area contributed by atoms with Gasteiger partial charge in [0, 0.05) is 8.99 Å². The smallest absolute Gasteiger partial charge is 0.0165 e. The van der Waals surface area contributed by atoms with Gasteiger partial charge in [-0.1, -0.05) is 62.4 Å². The summed E-state index contributed by atoms with van der Waals surface area (Å²) >= 11 is 2.42. The lowest BCUT2D eigenvalue weighted by Gasteiger charge is -2.22. The highest BCUT2D eigenvalue weighted by Crippen LogP contribution is 2.49. The predicted molar refractivity (Wildman–Crippen MR) is 107 cm³/mol. The van der Waals surface area contributed by atoms with Crippen molar-refractivity contribution in [2.45, 2.75) is 26.2 Å². The second-order valence-corrected chi connectivity index (χ2v) is 8.06. The number of halogens is 1.